The van der Waals surface area contributed by atoms with Gasteiger partial charge < -0.3 is 10.2 Å². The topological polar surface area (TPSA) is 40.5 Å². The second-order valence-corrected chi connectivity index (χ2v) is 10.7. The van der Waals surface area contributed by atoms with E-state index in [0.29, 0.717) is 17.4 Å². The van der Waals surface area contributed by atoms with E-state index in [1.165, 1.54) is 44.9 Å². The van der Waals surface area contributed by atoms with Crippen LogP contribution >= 0.6 is 0 Å². The molecular weight excluding hydrogens is 320 g/mol. The molecule has 0 bridgehead atoms. The molecule has 0 aromatic heterocycles. The third-order valence-electron chi connectivity index (χ3n) is 9.66. The van der Waals surface area contributed by atoms with E-state index in [-0.39, 0.29) is 6.10 Å². The van der Waals surface area contributed by atoms with Crippen molar-refractivity contribution in [2.45, 2.75) is 91.1 Å². The van der Waals surface area contributed by atoms with Crippen molar-refractivity contribution in [2.24, 2.45) is 40.4 Å². The molecule has 8 atom stereocenters. The van der Waals surface area contributed by atoms with Crippen molar-refractivity contribution in [2.75, 3.05) is 6.61 Å². The fourth-order valence-electron chi connectivity index (χ4n) is 8.23. The van der Waals surface area contributed by atoms with Crippen molar-refractivity contribution in [3.05, 3.63) is 11.6 Å². The molecule has 4 aliphatic carbocycles. The lowest BCUT2D eigenvalue weighted by atomic mass is 9.47. The zero-order valence-corrected chi connectivity index (χ0v) is 17.2. The molecule has 3 saturated carbocycles. The van der Waals surface area contributed by atoms with Gasteiger partial charge in [0.1, 0.15) is 0 Å². The van der Waals surface area contributed by atoms with Crippen molar-refractivity contribution in [3.63, 3.8) is 0 Å². The van der Waals surface area contributed by atoms with Gasteiger partial charge in [-0.2, -0.15) is 0 Å². The monoisotopic (exact) mass is 360 g/mol. The predicted molar refractivity (Wildman–Crippen MR) is 107 cm³/mol. The van der Waals surface area contributed by atoms with Gasteiger partial charge in [0.05, 0.1) is 6.10 Å². The van der Waals surface area contributed by atoms with Gasteiger partial charge in [-0.1, -0.05) is 32.4 Å². The molecule has 2 heteroatoms. The molecule has 26 heavy (non-hydrogen) atoms. The van der Waals surface area contributed by atoms with Crippen LogP contribution in [0.1, 0.15) is 85.0 Å². The van der Waals surface area contributed by atoms with E-state index in [1.54, 1.807) is 5.57 Å². The highest BCUT2D eigenvalue weighted by molar-refractivity contribution is 5.25. The Morgan fingerprint density at radius 3 is 2.69 bits per heavy atom. The highest BCUT2D eigenvalue weighted by Crippen LogP contribution is 2.67. The summed E-state index contributed by atoms with van der Waals surface area (Å²) in [6.07, 6.45) is 14.6. The maximum absolute atomic E-state index is 10.2. The van der Waals surface area contributed by atoms with E-state index in [0.717, 1.165) is 48.9 Å². The first-order valence-electron chi connectivity index (χ1n) is 11.4. The maximum Gasteiger partial charge on any atom is 0.0577 e. The third kappa shape index (κ3) is 2.82. The Bertz CT molecular complexity index is 554. The van der Waals surface area contributed by atoms with Gasteiger partial charge in [-0.15, -0.1) is 0 Å². The fourth-order valence-corrected chi connectivity index (χ4v) is 8.23. The third-order valence-corrected chi connectivity index (χ3v) is 9.66. The number of fused-ring (bicyclic) bond motifs is 5. The molecule has 0 spiro atoms. The molecule has 0 saturated heterocycles. The van der Waals surface area contributed by atoms with Crippen LogP contribution in [0.4, 0.5) is 0 Å². The molecule has 0 aromatic rings. The van der Waals surface area contributed by atoms with Gasteiger partial charge >= 0.3 is 0 Å². The highest BCUT2D eigenvalue weighted by atomic mass is 16.3. The molecule has 2 N–H and O–H groups in total. The Hall–Kier alpha value is -0.340. The molecule has 0 radical (unpaired) electrons. The number of rotatable bonds is 4. The molecule has 4 aliphatic rings. The zero-order valence-electron chi connectivity index (χ0n) is 17.2. The Balaban J connectivity index is 1.56. The lowest BCUT2D eigenvalue weighted by molar-refractivity contribution is -0.0574. The molecule has 0 heterocycles. The Kier molecular flexibility index (Phi) is 5.06. The minimum absolute atomic E-state index is 0.0945. The van der Waals surface area contributed by atoms with Gasteiger partial charge in [0.2, 0.25) is 0 Å². The van der Waals surface area contributed by atoms with E-state index in [4.69, 9.17) is 0 Å². The first kappa shape index (κ1) is 19.0. The molecule has 2 nitrogen and oxygen atoms in total. The summed E-state index contributed by atoms with van der Waals surface area (Å²) >= 11 is 0. The molecule has 148 valence electrons. The minimum atomic E-state index is -0.0945. The molecule has 0 unspecified atom stereocenters. The van der Waals surface area contributed by atoms with E-state index in [9.17, 15) is 10.2 Å². The van der Waals surface area contributed by atoms with Crippen LogP contribution in [0.25, 0.3) is 0 Å². The summed E-state index contributed by atoms with van der Waals surface area (Å²) in [4.78, 5) is 0. The molecule has 0 aromatic carbocycles. The van der Waals surface area contributed by atoms with Crippen molar-refractivity contribution in [1.29, 1.82) is 0 Å². The van der Waals surface area contributed by atoms with Crippen LogP contribution in [0.2, 0.25) is 0 Å². The summed E-state index contributed by atoms with van der Waals surface area (Å²) in [5, 5.41) is 19.4. The lowest BCUT2D eigenvalue weighted by Gasteiger charge is -2.58. The highest BCUT2D eigenvalue weighted by Gasteiger charge is 2.58. The van der Waals surface area contributed by atoms with Gasteiger partial charge in [-0.3, -0.25) is 0 Å². The van der Waals surface area contributed by atoms with E-state index >= 15 is 0 Å². The summed E-state index contributed by atoms with van der Waals surface area (Å²) < 4.78 is 0. The van der Waals surface area contributed by atoms with Crippen LogP contribution in [0, 0.1) is 40.4 Å². The Morgan fingerprint density at radius 2 is 1.92 bits per heavy atom. The van der Waals surface area contributed by atoms with Gasteiger partial charge in [0.25, 0.3) is 0 Å². The number of allylic oxidation sites excluding steroid dienone is 1. The van der Waals surface area contributed by atoms with E-state index in [2.05, 4.69) is 26.8 Å². The van der Waals surface area contributed by atoms with Crippen LogP contribution in [0.15, 0.2) is 11.6 Å². The lowest BCUT2D eigenvalue weighted by Crippen LogP contribution is -2.50. The molecule has 3 fully saturated rings. The number of hydrogen-bond donors (Lipinski definition) is 2. The Morgan fingerprint density at radius 1 is 1.12 bits per heavy atom. The average Bonchev–Trinajstić information content (AvgIpc) is 2.97. The predicted octanol–water partition coefficient (Wildman–Crippen LogP) is 5.33. The second-order valence-electron chi connectivity index (χ2n) is 10.7. The number of aliphatic hydroxyl groups is 2. The van der Waals surface area contributed by atoms with Crippen LogP contribution in [0.3, 0.4) is 0 Å². The number of hydrogen-bond acceptors (Lipinski definition) is 2. The van der Waals surface area contributed by atoms with Crippen LogP contribution in [-0.4, -0.2) is 22.9 Å². The zero-order chi connectivity index (χ0) is 18.5. The smallest absolute Gasteiger partial charge is 0.0577 e. The van der Waals surface area contributed by atoms with Crippen LogP contribution in [0.5, 0.6) is 0 Å². The standard InChI is InChI=1S/C24H40O2/c1-16(5-4-14-25)20-8-9-21-19-7-6-17-15-18(26)10-12-23(17,2)22(19)11-13-24(20,21)3/h6,16,18-22,25-26H,4-5,7-15H2,1-3H3/t16-,18+,19-,20+,21-,22-,23-,24+/m0/s1. The summed E-state index contributed by atoms with van der Waals surface area (Å²) in [5.74, 6) is 4.21. The summed E-state index contributed by atoms with van der Waals surface area (Å²) in [6, 6.07) is 0. The van der Waals surface area contributed by atoms with Crippen molar-refractivity contribution < 1.29 is 10.2 Å². The van der Waals surface area contributed by atoms with Gasteiger partial charge in [-0.05, 0) is 105 Å². The maximum atomic E-state index is 10.2. The van der Waals surface area contributed by atoms with Crippen LogP contribution < -0.4 is 0 Å². The van der Waals surface area contributed by atoms with Crippen molar-refractivity contribution in [3.8, 4) is 0 Å². The largest absolute Gasteiger partial charge is 0.396 e. The number of aliphatic hydroxyl groups excluding tert-OH is 2. The van der Waals surface area contributed by atoms with E-state index in [1.807, 2.05) is 0 Å². The molecule has 4 rings (SSSR count). The van der Waals surface area contributed by atoms with E-state index < -0.39 is 0 Å². The first-order chi connectivity index (χ1) is 12.4. The van der Waals surface area contributed by atoms with Gasteiger partial charge in [-0.25, -0.2) is 0 Å². The molecule has 0 aliphatic heterocycles. The van der Waals surface area contributed by atoms with Crippen molar-refractivity contribution in [1.82, 2.24) is 0 Å². The summed E-state index contributed by atoms with van der Waals surface area (Å²) in [5.41, 5.74) is 2.47. The minimum Gasteiger partial charge on any atom is -0.396 e. The quantitative estimate of drug-likeness (QED) is 0.665. The summed E-state index contributed by atoms with van der Waals surface area (Å²) in [7, 11) is 0. The van der Waals surface area contributed by atoms with Crippen LogP contribution in [-0.2, 0) is 0 Å². The molecule has 0 amide bonds. The first-order valence-corrected chi connectivity index (χ1v) is 11.4. The SMILES string of the molecule is C[C@@H](CCCO)[C@H]1CC[C@H]2[C@@H]3CC=C4C[C@H](O)CC[C@]4(C)[C@H]3CC[C@]12C. The van der Waals surface area contributed by atoms with Gasteiger partial charge in [0, 0.05) is 6.61 Å². The fraction of sp³-hybridized carbons (Fsp3) is 0.917. The average molecular weight is 361 g/mol. The second kappa shape index (κ2) is 6.92. The normalized spacial score (nSPS) is 49.0. The van der Waals surface area contributed by atoms with Gasteiger partial charge in [0.15, 0.2) is 0 Å². The molecular formula is C24H40O2. The Labute approximate surface area is 160 Å². The summed E-state index contributed by atoms with van der Waals surface area (Å²) in [6.45, 7) is 7.94. The van der Waals surface area contributed by atoms with Crippen molar-refractivity contribution >= 4 is 0 Å².